The number of rotatable bonds is 3. The van der Waals surface area contributed by atoms with Crippen LogP contribution in [0.1, 0.15) is 29.2 Å². The van der Waals surface area contributed by atoms with Crippen LogP contribution in [-0.4, -0.2) is 6.61 Å². The first-order valence-corrected chi connectivity index (χ1v) is 6.86. The van der Waals surface area contributed by atoms with Crippen LogP contribution in [0.15, 0.2) is 36.4 Å². The van der Waals surface area contributed by atoms with Gasteiger partial charge in [-0.3, -0.25) is 5.84 Å². The fourth-order valence-corrected chi connectivity index (χ4v) is 2.72. The Labute approximate surface area is 121 Å². The Morgan fingerprint density at radius 3 is 2.76 bits per heavy atom. The van der Waals surface area contributed by atoms with Crippen LogP contribution < -0.4 is 16.0 Å². The van der Waals surface area contributed by atoms with E-state index in [0.717, 1.165) is 35.8 Å². The van der Waals surface area contributed by atoms with E-state index in [2.05, 4.69) is 5.43 Å². The molecule has 3 nitrogen and oxygen atoms in total. The summed E-state index contributed by atoms with van der Waals surface area (Å²) in [4.78, 5) is 0. The smallest absolute Gasteiger partial charge is 0.131 e. The van der Waals surface area contributed by atoms with Gasteiger partial charge in [-0.1, -0.05) is 24.3 Å². The van der Waals surface area contributed by atoms with Crippen LogP contribution >= 0.6 is 0 Å². The van der Waals surface area contributed by atoms with E-state index in [4.69, 9.17) is 10.6 Å². The lowest BCUT2D eigenvalue weighted by Gasteiger charge is -2.25. The molecule has 0 saturated carbocycles. The highest BCUT2D eigenvalue weighted by atomic mass is 19.1. The van der Waals surface area contributed by atoms with Gasteiger partial charge in [0.1, 0.15) is 17.4 Å². The van der Waals surface area contributed by atoms with Crippen LogP contribution in [0, 0.1) is 11.6 Å². The highest BCUT2D eigenvalue weighted by molar-refractivity contribution is 5.48. The summed E-state index contributed by atoms with van der Waals surface area (Å²) >= 11 is 0. The number of halogens is 2. The molecule has 0 saturated heterocycles. The Morgan fingerprint density at radius 1 is 1.14 bits per heavy atom. The zero-order chi connectivity index (χ0) is 14.8. The largest absolute Gasteiger partial charge is 0.493 e. The van der Waals surface area contributed by atoms with E-state index >= 15 is 0 Å². The zero-order valence-electron chi connectivity index (χ0n) is 11.4. The summed E-state index contributed by atoms with van der Waals surface area (Å²) in [7, 11) is 0. The summed E-state index contributed by atoms with van der Waals surface area (Å²) in [6.07, 6.45) is 1.88. The van der Waals surface area contributed by atoms with E-state index in [1.165, 1.54) is 12.1 Å². The topological polar surface area (TPSA) is 47.3 Å². The van der Waals surface area contributed by atoms with Crippen molar-refractivity contribution < 1.29 is 13.5 Å². The Kier molecular flexibility index (Phi) is 3.86. The second-order valence-electron chi connectivity index (χ2n) is 5.05. The third-order valence-corrected chi connectivity index (χ3v) is 3.72. The van der Waals surface area contributed by atoms with E-state index in [0.29, 0.717) is 12.2 Å². The molecule has 1 atom stereocenters. The van der Waals surface area contributed by atoms with E-state index < -0.39 is 17.7 Å². The Bertz CT molecular complexity index is 661. The minimum absolute atomic E-state index is 0.293. The van der Waals surface area contributed by atoms with Crippen molar-refractivity contribution in [3.63, 3.8) is 0 Å². The molecule has 1 heterocycles. The lowest BCUT2D eigenvalue weighted by atomic mass is 9.94. The number of benzene rings is 2. The first kappa shape index (κ1) is 14.0. The van der Waals surface area contributed by atoms with Gasteiger partial charge in [0.2, 0.25) is 0 Å². The van der Waals surface area contributed by atoms with Crippen LogP contribution in [0.5, 0.6) is 5.75 Å². The SMILES string of the molecule is NNC(c1ccc(F)cc1F)c1cccc2c1OCCC2. The molecule has 0 aliphatic carbocycles. The van der Waals surface area contributed by atoms with Crippen molar-refractivity contribution in [2.75, 3.05) is 6.61 Å². The molecule has 0 spiro atoms. The van der Waals surface area contributed by atoms with Crippen LogP contribution in [0.4, 0.5) is 8.78 Å². The third kappa shape index (κ3) is 2.62. The normalized spacial score (nSPS) is 15.2. The average Bonchev–Trinajstić information content (AvgIpc) is 2.50. The number of hydrogen-bond acceptors (Lipinski definition) is 3. The minimum Gasteiger partial charge on any atom is -0.493 e. The van der Waals surface area contributed by atoms with Crippen molar-refractivity contribution in [2.45, 2.75) is 18.9 Å². The molecule has 0 amide bonds. The summed E-state index contributed by atoms with van der Waals surface area (Å²) < 4.78 is 32.8. The van der Waals surface area contributed by atoms with Crippen LogP contribution in [0.25, 0.3) is 0 Å². The van der Waals surface area contributed by atoms with E-state index in [9.17, 15) is 8.78 Å². The number of nitrogens with two attached hydrogens (primary N) is 1. The van der Waals surface area contributed by atoms with Gasteiger partial charge in [-0.05, 0) is 24.5 Å². The van der Waals surface area contributed by atoms with Gasteiger partial charge >= 0.3 is 0 Å². The van der Waals surface area contributed by atoms with Gasteiger partial charge in [0.25, 0.3) is 0 Å². The molecule has 0 fully saturated rings. The van der Waals surface area contributed by atoms with Crippen molar-refractivity contribution in [3.05, 3.63) is 64.7 Å². The number of fused-ring (bicyclic) bond motifs is 1. The monoisotopic (exact) mass is 290 g/mol. The Balaban J connectivity index is 2.08. The van der Waals surface area contributed by atoms with Gasteiger partial charge in [0, 0.05) is 17.2 Å². The van der Waals surface area contributed by atoms with Crippen molar-refractivity contribution >= 4 is 0 Å². The van der Waals surface area contributed by atoms with Crippen molar-refractivity contribution in [3.8, 4) is 5.75 Å². The Hall–Kier alpha value is -1.98. The number of nitrogens with one attached hydrogen (secondary N) is 1. The molecule has 0 bridgehead atoms. The molecular weight excluding hydrogens is 274 g/mol. The average molecular weight is 290 g/mol. The summed E-state index contributed by atoms with van der Waals surface area (Å²) in [5.74, 6) is 5.11. The molecule has 5 heteroatoms. The number of hydrogen-bond donors (Lipinski definition) is 2. The molecule has 1 aliphatic rings. The quantitative estimate of drug-likeness (QED) is 0.675. The molecule has 2 aromatic carbocycles. The van der Waals surface area contributed by atoms with Crippen LogP contribution in [0.2, 0.25) is 0 Å². The fourth-order valence-electron chi connectivity index (χ4n) is 2.72. The predicted octanol–water partition coefficient (Wildman–Crippen LogP) is 2.84. The lowest BCUT2D eigenvalue weighted by molar-refractivity contribution is 0.283. The fraction of sp³-hybridized carbons (Fsp3) is 0.250. The minimum atomic E-state index is -0.633. The van der Waals surface area contributed by atoms with E-state index in [-0.39, 0.29) is 0 Å². The van der Waals surface area contributed by atoms with E-state index in [1.54, 1.807) is 0 Å². The van der Waals surface area contributed by atoms with Crippen molar-refractivity contribution in [2.24, 2.45) is 5.84 Å². The van der Waals surface area contributed by atoms with Crippen LogP contribution in [-0.2, 0) is 6.42 Å². The molecular formula is C16H16F2N2O. The molecule has 1 unspecified atom stereocenters. The standard InChI is InChI=1S/C16H16F2N2O/c17-11-6-7-12(14(18)9-11)15(20-19)13-5-1-3-10-4-2-8-21-16(10)13/h1,3,5-7,9,15,20H,2,4,8,19H2. The molecule has 0 aromatic heterocycles. The van der Waals surface area contributed by atoms with Gasteiger partial charge in [0.15, 0.2) is 0 Å². The van der Waals surface area contributed by atoms with Gasteiger partial charge in [-0.25, -0.2) is 14.2 Å². The lowest BCUT2D eigenvalue weighted by Crippen LogP contribution is -2.30. The maximum atomic E-state index is 14.0. The number of hydrazine groups is 1. The molecule has 3 N–H and O–H groups in total. The van der Waals surface area contributed by atoms with Gasteiger partial charge < -0.3 is 4.74 Å². The summed E-state index contributed by atoms with van der Waals surface area (Å²) in [5.41, 5.74) is 4.74. The number of ether oxygens (including phenoxy) is 1. The first-order valence-electron chi connectivity index (χ1n) is 6.86. The Morgan fingerprint density at radius 2 is 2.00 bits per heavy atom. The maximum absolute atomic E-state index is 14.0. The highest BCUT2D eigenvalue weighted by Crippen LogP contribution is 2.36. The molecule has 21 heavy (non-hydrogen) atoms. The predicted molar refractivity (Wildman–Crippen MR) is 75.8 cm³/mol. The maximum Gasteiger partial charge on any atom is 0.131 e. The van der Waals surface area contributed by atoms with Gasteiger partial charge in [-0.15, -0.1) is 0 Å². The van der Waals surface area contributed by atoms with E-state index in [1.807, 2.05) is 18.2 Å². The van der Waals surface area contributed by atoms with Crippen molar-refractivity contribution in [1.29, 1.82) is 0 Å². The first-order chi connectivity index (χ1) is 10.2. The molecule has 1 aliphatic heterocycles. The summed E-state index contributed by atoms with van der Waals surface area (Å²) in [6, 6.07) is 8.63. The molecule has 0 radical (unpaired) electrons. The third-order valence-electron chi connectivity index (χ3n) is 3.72. The molecule has 2 aromatic rings. The molecule has 3 rings (SSSR count). The number of aryl methyl sites for hydroxylation is 1. The van der Waals surface area contributed by atoms with Gasteiger partial charge in [-0.2, -0.15) is 0 Å². The highest BCUT2D eigenvalue weighted by Gasteiger charge is 2.23. The van der Waals surface area contributed by atoms with Gasteiger partial charge in [0.05, 0.1) is 12.6 Å². The van der Waals surface area contributed by atoms with Crippen LogP contribution in [0.3, 0.4) is 0 Å². The second kappa shape index (κ2) is 5.79. The van der Waals surface area contributed by atoms with Crippen molar-refractivity contribution in [1.82, 2.24) is 5.43 Å². The summed E-state index contributed by atoms with van der Waals surface area (Å²) in [6.45, 7) is 0.632. The molecule has 110 valence electrons. The summed E-state index contributed by atoms with van der Waals surface area (Å²) in [5, 5.41) is 0. The second-order valence-corrected chi connectivity index (χ2v) is 5.05. The zero-order valence-corrected chi connectivity index (χ0v) is 11.4. The number of para-hydroxylation sites is 1.